The molecule has 1 aromatic heterocycles. The number of nitrogens with zero attached hydrogens (tertiary/aromatic N) is 1. The van der Waals surface area contributed by atoms with Crippen LogP contribution in [0.15, 0.2) is 21.6 Å². The molecule has 1 aliphatic heterocycles. The van der Waals surface area contributed by atoms with Gasteiger partial charge in [-0.25, -0.2) is 8.42 Å². The summed E-state index contributed by atoms with van der Waals surface area (Å²) in [7, 11) is -3.50. The van der Waals surface area contributed by atoms with Crippen molar-refractivity contribution >= 4 is 10.0 Å². The van der Waals surface area contributed by atoms with Crippen molar-refractivity contribution in [3.05, 3.63) is 17.9 Å². The summed E-state index contributed by atoms with van der Waals surface area (Å²) in [4.78, 5) is 0. The van der Waals surface area contributed by atoms with Gasteiger partial charge in [-0.2, -0.15) is 4.31 Å². The summed E-state index contributed by atoms with van der Waals surface area (Å²) in [6.07, 6.45) is 2.84. The van der Waals surface area contributed by atoms with Crippen LogP contribution < -0.4 is 5.32 Å². The summed E-state index contributed by atoms with van der Waals surface area (Å²) >= 11 is 0. The highest BCUT2D eigenvalue weighted by Crippen LogP contribution is 2.32. The third kappa shape index (κ3) is 4.08. The molecular weight excluding hydrogens is 288 g/mol. The van der Waals surface area contributed by atoms with Crippen molar-refractivity contribution in [2.75, 3.05) is 19.6 Å². The standard InChI is InChI=1S/C15H26N2O3S/c1-4-16-12-13-6-7-14(20-13)21(18,19)17-10-5-8-15(2,3)9-11-17/h6-7,16H,4-5,8-12H2,1-3H3. The number of hydrogen-bond acceptors (Lipinski definition) is 4. The van der Waals surface area contributed by atoms with Crippen LogP contribution in [0.2, 0.25) is 0 Å². The monoisotopic (exact) mass is 314 g/mol. The molecule has 0 spiro atoms. The lowest BCUT2D eigenvalue weighted by molar-refractivity contribution is 0.312. The molecule has 1 N–H and O–H groups in total. The Bertz CT molecular complexity index is 563. The largest absolute Gasteiger partial charge is 0.447 e. The van der Waals surface area contributed by atoms with Crippen molar-refractivity contribution in [3.8, 4) is 0 Å². The maximum absolute atomic E-state index is 12.6. The zero-order valence-electron chi connectivity index (χ0n) is 13.2. The van der Waals surface area contributed by atoms with Crippen LogP contribution in [0.3, 0.4) is 0 Å². The van der Waals surface area contributed by atoms with Gasteiger partial charge in [-0.05, 0) is 43.4 Å². The minimum Gasteiger partial charge on any atom is -0.447 e. The van der Waals surface area contributed by atoms with Crippen molar-refractivity contribution < 1.29 is 12.8 Å². The average Bonchev–Trinajstić information content (AvgIpc) is 2.81. The van der Waals surface area contributed by atoms with Crippen LogP contribution in [0, 0.1) is 5.41 Å². The van der Waals surface area contributed by atoms with Crippen LogP contribution in [-0.2, 0) is 16.6 Å². The normalized spacial score (nSPS) is 20.3. The number of rotatable bonds is 5. The van der Waals surface area contributed by atoms with Crippen molar-refractivity contribution in [2.45, 2.75) is 51.7 Å². The number of furan rings is 1. The zero-order valence-corrected chi connectivity index (χ0v) is 14.0. The molecule has 0 atom stereocenters. The molecular formula is C15H26N2O3S. The zero-order chi connectivity index (χ0) is 15.5. The van der Waals surface area contributed by atoms with Crippen molar-refractivity contribution in [2.24, 2.45) is 5.41 Å². The Hall–Kier alpha value is -0.850. The van der Waals surface area contributed by atoms with E-state index in [1.54, 1.807) is 16.4 Å². The van der Waals surface area contributed by atoms with Gasteiger partial charge in [0.05, 0.1) is 6.54 Å². The minimum absolute atomic E-state index is 0.0649. The number of nitrogens with one attached hydrogen (secondary N) is 1. The molecule has 0 amide bonds. The summed E-state index contributed by atoms with van der Waals surface area (Å²) in [5.74, 6) is 0.658. The van der Waals surface area contributed by atoms with E-state index in [0.29, 0.717) is 25.4 Å². The van der Waals surface area contributed by atoms with Crippen LogP contribution in [0.5, 0.6) is 0 Å². The molecule has 1 aromatic rings. The second kappa shape index (κ2) is 6.50. The molecule has 0 radical (unpaired) electrons. The molecule has 21 heavy (non-hydrogen) atoms. The Morgan fingerprint density at radius 2 is 2.05 bits per heavy atom. The van der Waals surface area contributed by atoms with E-state index >= 15 is 0 Å². The highest BCUT2D eigenvalue weighted by molar-refractivity contribution is 7.89. The lowest BCUT2D eigenvalue weighted by Crippen LogP contribution is -2.32. The van der Waals surface area contributed by atoms with Gasteiger partial charge >= 0.3 is 0 Å². The van der Waals surface area contributed by atoms with Gasteiger partial charge in [0, 0.05) is 13.1 Å². The van der Waals surface area contributed by atoms with Gasteiger partial charge in [-0.15, -0.1) is 0 Å². The molecule has 1 fully saturated rings. The smallest absolute Gasteiger partial charge is 0.276 e. The van der Waals surface area contributed by atoms with E-state index in [1.165, 1.54) is 0 Å². The van der Waals surface area contributed by atoms with Crippen LogP contribution in [0.1, 0.15) is 45.8 Å². The predicted octanol–water partition coefficient (Wildman–Crippen LogP) is 2.59. The first-order valence-corrected chi connectivity index (χ1v) is 9.09. The van der Waals surface area contributed by atoms with E-state index < -0.39 is 10.0 Å². The molecule has 0 aliphatic carbocycles. The third-order valence-corrected chi connectivity index (χ3v) is 5.85. The fraction of sp³-hybridized carbons (Fsp3) is 0.733. The summed E-state index contributed by atoms with van der Waals surface area (Å²) < 4.78 is 32.4. The van der Waals surface area contributed by atoms with Crippen molar-refractivity contribution in [1.29, 1.82) is 0 Å². The molecule has 1 saturated heterocycles. The van der Waals surface area contributed by atoms with Gasteiger partial charge in [0.1, 0.15) is 5.76 Å². The van der Waals surface area contributed by atoms with Crippen LogP contribution in [-0.4, -0.2) is 32.4 Å². The Morgan fingerprint density at radius 3 is 2.76 bits per heavy atom. The van der Waals surface area contributed by atoms with Gasteiger partial charge in [0.15, 0.2) is 0 Å². The number of hydrogen-bond donors (Lipinski definition) is 1. The van der Waals surface area contributed by atoms with Gasteiger partial charge in [-0.3, -0.25) is 0 Å². The lowest BCUT2D eigenvalue weighted by Gasteiger charge is -2.22. The maximum Gasteiger partial charge on any atom is 0.276 e. The first-order valence-electron chi connectivity index (χ1n) is 7.65. The summed E-state index contributed by atoms with van der Waals surface area (Å²) in [6, 6.07) is 3.30. The molecule has 2 rings (SSSR count). The highest BCUT2D eigenvalue weighted by Gasteiger charge is 2.32. The van der Waals surface area contributed by atoms with Crippen LogP contribution in [0.4, 0.5) is 0 Å². The second-order valence-corrected chi connectivity index (χ2v) is 8.29. The van der Waals surface area contributed by atoms with E-state index in [-0.39, 0.29) is 10.5 Å². The minimum atomic E-state index is -3.50. The Kier molecular flexibility index (Phi) is 5.11. The summed E-state index contributed by atoms with van der Waals surface area (Å²) in [6.45, 7) is 8.92. The SMILES string of the molecule is CCNCc1ccc(S(=O)(=O)N2CCCC(C)(C)CC2)o1. The average molecular weight is 314 g/mol. The Morgan fingerprint density at radius 1 is 1.29 bits per heavy atom. The summed E-state index contributed by atoms with van der Waals surface area (Å²) in [5.41, 5.74) is 0.212. The fourth-order valence-electron chi connectivity index (χ4n) is 2.61. The molecule has 0 unspecified atom stereocenters. The Balaban J connectivity index is 2.12. The summed E-state index contributed by atoms with van der Waals surface area (Å²) in [5, 5.41) is 3.19. The Labute approximate surface area is 127 Å². The van der Waals surface area contributed by atoms with E-state index in [0.717, 1.165) is 25.8 Å². The van der Waals surface area contributed by atoms with E-state index in [9.17, 15) is 8.42 Å². The van der Waals surface area contributed by atoms with Gasteiger partial charge < -0.3 is 9.73 Å². The molecule has 1 aliphatic rings. The van der Waals surface area contributed by atoms with Crippen LogP contribution in [0.25, 0.3) is 0 Å². The first-order chi connectivity index (χ1) is 9.85. The lowest BCUT2D eigenvalue weighted by atomic mass is 9.85. The molecule has 5 nitrogen and oxygen atoms in total. The predicted molar refractivity (Wildman–Crippen MR) is 82.5 cm³/mol. The van der Waals surface area contributed by atoms with Crippen molar-refractivity contribution in [1.82, 2.24) is 9.62 Å². The number of sulfonamides is 1. The van der Waals surface area contributed by atoms with Gasteiger partial charge in [0.25, 0.3) is 10.0 Å². The fourth-order valence-corrected chi connectivity index (χ4v) is 4.01. The topological polar surface area (TPSA) is 62.6 Å². The molecule has 6 heteroatoms. The van der Waals surface area contributed by atoms with Crippen LogP contribution >= 0.6 is 0 Å². The second-order valence-electron chi connectivity index (χ2n) is 6.42. The highest BCUT2D eigenvalue weighted by atomic mass is 32.2. The first kappa shape index (κ1) is 16.5. The maximum atomic E-state index is 12.6. The third-order valence-electron chi connectivity index (χ3n) is 4.08. The molecule has 120 valence electrons. The van der Waals surface area contributed by atoms with E-state index in [4.69, 9.17) is 4.42 Å². The van der Waals surface area contributed by atoms with Crippen molar-refractivity contribution in [3.63, 3.8) is 0 Å². The molecule has 0 aromatic carbocycles. The van der Waals surface area contributed by atoms with E-state index in [1.807, 2.05) is 6.92 Å². The van der Waals surface area contributed by atoms with Gasteiger partial charge in [0.2, 0.25) is 5.09 Å². The van der Waals surface area contributed by atoms with E-state index in [2.05, 4.69) is 19.2 Å². The molecule has 2 heterocycles. The quantitative estimate of drug-likeness (QED) is 0.907. The van der Waals surface area contributed by atoms with Gasteiger partial charge in [-0.1, -0.05) is 20.8 Å². The molecule has 0 saturated carbocycles. The molecule has 0 bridgehead atoms.